The van der Waals surface area contributed by atoms with Gasteiger partial charge in [-0.25, -0.2) is 0 Å². The third-order valence-corrected chi connectivity index (χ3v) is 4.72. The van der Waals surface area contributed by atoms with Crippen molar-refractivity contribution >= 4 is 34.9 Å². The summed E-state index contributed by atoms with van der Waals surface area (Å²) < 4.78 is 0.406. The van der Waals surface area contributed by atoms with Crippen LogP contribution < -0.4 is 5.32 Å². The van der Waals surface area contributed by atoms with Crippen LogP contribution in [0, 0.1) is 0 Å². The normalized spacial score (nSPS) is 10.3. The van der Waals surface area contributed by atoms with E-state index in [1.165, 1.54) is 89.0 Å². The number of nitrogens with one attached hydrogen (secondary N) is 1. The van der Waals surface area contributed by atoms with Crippen LogP contribution in [0.4, 0.5) is 5.69 Å². The van der Waals surface area contributed by atoms with Gasteiger partial charge in [0.05, 0.1) is 0 Å². The fourth-order valence-corrected chi connectivity index (χ4v) is 3.28. The molecule has 1 N–H and O–H groups in total. The van der Waals surface area contributed by atoms with Crippen molar-refractivity contribution in [3.8, 4) is 0 Å². The maximum Gasteiger partial charge on any atom is 0.0371 e. The molecule has 0 unspecified atom stereocenters. The van der Waals surface area contributed by atoms with Gasteiger partial charge >= 0.3 is 0 Å². The van der Waals surface area contributed by atoms with Gasteiger partial charge in [0.1, 0.15) is 0 Å². The molecule has 0 aliphatic carbocycles. The van der Waals surface area contributed by atoms with Gasteiger partial charge in [0.25, 0.3) is 0 Å². The quantitative estimate of drug-likeness (QED) is 0.137. The molecule has 0 bridgehead atoms. The summed E-state index contributed by atoms with van der Waals surface area (Å²) in [6, 6.07) is 8.48. The zero-order valence-electron chi connectivity index (χ0n) is 15.7. The van der Waals surface area contributed by atoms with Crippen molar-refractivity contribution in [2.24, 2.45) is 0 Å². The maximum absolute atomic E-state index is 4.87. The number of benzene rings is 1. The van der Waals surface area contributed by atoms with E-state index in [1.807, 2.05) is 0 Å². The fraction of sp³-hybridized carbons (Fsp3) is 0.667. The first-order valence-electron chi connectivity index (χ1n) is 9.79. The van der Waals surface area contributed by atoms with Gasteiger partial charge in [0.2, 0.25) is 0 Å². The smallest absolute Gasteiger partial charge is 0.0371 e. The average Bonchev–Trinajstić information content (AvgIpc) is 2.57. The molecule has 1 aromatic rings. The van der Waals surface area contributed by atoms with Crippen LogP contribution in [-0.4, -0.2) is 4.32 Å². The molecule has 0 aromatic heterocycles. The molecule has 1 nitrogen and oxygen atoms in total. The van der Waals surface area contributed by atoms with Gasteiger partial charge in [-0.3, -0.25) is 0 Å². The van der Waals surface area contributed by atoms with E-state index in [2.05, 4.69) is 36.5 Å². The molecule has 4 heteroatoms. The standard InChI is InChI=1S/C21H35NS2.Mo/c1-2-3-4-5-6-7-8-9-10-11-12-13-14-19-15-17-20(18-16-19)22-21(23)24;/h15-18H,2-14H2,1H3,(H2,22,23,24);/p-1. The number of aryl methyl sites for hydroxylation is 1. The minimum atomic E-state index is 0. The molecule has 0 aliphatic heterocycles. The minimum Gasteiger partial charge on any atom is -0.411 e. The van der Waals surface area contributed by atoms with Crippen molar-refractivity contribution in [3.63, 3.8) is 0 Å². The number of hydrogen-bond donors (Lipinski definition) is 1. The van der Waals surface area contributed by atoms with Crippen LogP contribution in [0.25, 0.3) is 0 Å². The Kier molecular flexibility index (Phi) is 17.4. The van der Waals surface area contributed by atoms with E-state index in [9.17, 15) is 0 Å². The Hall–Kier alpha value is 0.0183. The second-order valence-corrected chi connectivity index (χ2v) is 7.82. The number of hydrogen-bond acceptors (Lipinski definition) is 2. The van der Waals surface area contributed by atoms with Crippen LogP contribution in [-0.2, 0) is 40.1 Å². The summed E-state index contributed by atoms with van der Waals surface area (Å²) >= 11 is 9.75. The molecule has 0 fully saturated rings. The molecule has 1 aromatic carbocycles. The van der Waals surface area contributed by atoms with E-state index in [1.54, 1.807) is 0 Å². The molecular weight excluding hydrogens is 426 g/mol. The first-order valence-corrected chi connectivity index (χ1v) is 10.6. The van der Waals surface area contributed by atoms with E-state index in [0.717, 1.165) is 5.69 Å². The van der Waals surface area contributed by atoms with Crippen molar-refractivity contribution in [3.05, 3.63) is 29.8 Å². The third kappa shape index (κ3) is 14.8. The largest absolute Gasteiger partial charge is 0.411 e. The Balaban J connectivity index is 0.00000576. The Morgan fingerprint density at radius 2 is 1.24 bits per heavy atom. The van der Waals surface area contributed by atoms with E-state index in [-0.39, 0.29) is 21.1 Å². The summed E-state index contributed by atoms with van der Waals surface area (Å²) in [7, 11) is 0. The number of unbranched alkanes of at least 4 members (excludes halogenated alkanes) is 11. The van der Waals surface area contributed by atoms with Crippen molar-refractivity contribution in [1.29, 1.82) is 0 Å². The summed E-state index contributed by atoms with van der Waals surface area (Å²) in [5.41, 5.74) is 2.40. The predicted octanol–water partition coefficient (Wildman–Crippen LogP) is 7.17. The zero-order chi connectivity index (χ0) is 17.5. The van der Waals surface area contributed by atoms with E-state index in [0.29, 0.717) is 4.32 Å². The molecule has 0 saturated carbocycles. The van der Waals surface area contributed by atoms with Gasteiger partial charge < -0.3 is 30.2 Å². The Morgan fingerprint density at radius 3 is 1.68 bits per heavy atom. The zero-order valence-corrected chi connectivity index (χ0v) is 19.4. The second-order valence-electron chi connectivity index (χ2n) is 6.75. The molecule has 25 heavy (non-hydrogen) atoms. The van der Waals surface area contributed by atoms with Crippen LogP contribution in [0.15, 0.2) is 24.3 Å². The number of anilines is 1. The molecule has 0 radical (unpaired) electrons. The second kappa shape index (κ2) is 17.4. The molecule has 0 spiro atoms. The summed E-state index contributed by atoms with van der Waals surface area (Å²) in [4.78, 5) is 0. The van der Waals surface area contributed by atoms with Gasteiger partial charge in [-0.15, -0.1) is 0 Å². The van der Waals surface area contributed by atoms with Gasteiger partial charge in [-0.1, -0.05) is 94.0 Å². The number of thiocarbonyl (C=S) groups is 1. The molecule has 0 heterocycles. The average molecular weight is 461 g/mol. The van der Waals surface area contributed by atoms with E-state index in [4.69, 9.17) is 24.8 Å². The maximum atomic E-state index is 4.87. The van der Waals surface area contributed by atoms with E-state index < -0.39 is 0 Å². The van der Waals surface area contributed by atoms with Crippen molar-refractivity contribution in [2.45, 2.75) is 90.4 Å². The van der Waals surface area contributed by atoms with Gasteiger partial charge in [-0.2, -0.15) is 0 Å². The minimum absolute atomic E-state index is 0. The Labute approximate surface area is 180 Å². The summed E-state index contributed by atoms with van der Waals surface area (Å²) in [5, 5.41) is 2.99. The van der Waals surface area contributed by atoms with Crippen LogP contribution in [0.1, 0.15) is 89.5 Å². The van der Waals surface area contributed by atoms with Crippen LogP contribution in [0.2, 0.25) is 0 Å². The monoisotopic (exact) mass is 462 g/mol. The third-order valence-electron chi connectivity index (χ3n) is 4.52. The molecule has 0 atom stereocenters. The molecular formula is C21H34MoNS2-. The fourth-order valence-electron chi connectivity index (χ4n) is 3.04. The van der Waals surface area contributed by atoms with Gasteiger partial charge in [0.15, 0.2) is 0 Å². The molecule has 0 amide bonds. The molecule has 1 rings (SSSR count). The van der Waals surface area contributed by atoms with Crippen molar-refractivity contribution < 1.29 is 21.1 Å². The van der Waals surface area contributed by atoms with Crippen molar-refractivity contribution in [2.75, 3.05) is 5.32 Å². The Bertz CT molecular complexity index is 434. The van der Waals surface area contributed by atoms with Crippen LogP contribution in [0.3, 0.4) is 0 Å². The molecule has 0 saturated heterocycles. The SMILES string of the molecule is CCCCCCCCCCCCCCc1ccc(NC(=S)[S-])cc1.[Mo]. The molecule has 142 valence electrons. The summed E-state index contributed by atoms with van der Waals surface area (Å²) in [6.07, 6.45) is 18.0. The van der Waals surface area contributed by atoms with Crippen LogP contribution >= 0.6 is 12.2 Å². The molecule has 0 aliphatic rings. The summed E-state index contributed by atoms with van der Waals surface area (Å²) in [5.74, 6) is 0. The van der Waals surface area contributed by atoms with Crippen LogP contribution in [0.5, 0.6) is 0 Å². The first kappa shape index (κ1) is 25.0. The van der Waals surface area contributed by atoms with Gasteiger partial charge in [-0.05, 0) is 30.5 Å². The van der Waals surface area contributed by atoms with Crippen molar-refractivity contribution in [1.82, 2.24) is 0 Å². The van der Waals surface area contributed by atoms with Gasteiger partial charge in [0, 0.05) is 26.8 Å². The predicted molar refractivity (Wildman–Crippen MR) is 115 cm³/mol. The Morgan fingerprint density at radius 1 is 0.800 bits per heavy atom. The topological polar surface area (TPSA) is 12.0 Å². The summed E-state index contributed by atoms with van der Waals surface area (Å²) in [6.45, 7) is 2.28. The first-order chi connectivity index (χ1) is 11.7. The number of rotatable bonds is 14. The van der Waals surface area contributed by atoms with E-state index >= 15 is 0 Å².